The van der Waals surface area contributed by atoms with Crippen molar-refractivity contribution in [1.82, 2.24) is 30.0 Å². The Kier molecular flexibility index (Phi) is 8.32. The Labute approximate surface area is 235 Å². The molecule has 212 valence electrons. The number of carbonyl (C=O) groups is 2. The molecule has 1 saturated heterocycles. The highest BCUT2D eigenvalue weighted by Crippen LogP contribution is 2.38. The molecule has 0 bridgehead atoms. The van der Waals surface area contributed by atoms with Gasteiger partial charge in [-0.3, -0.25) is 14.3 Å². The smallest absolute Gasteiger partial charge is 0.257 e. The van der Waals surface area contributed by atoms with Crippen molar-refractivity contribution >= 4 is 17.6 Å². The second kappa shape index (κ2) is 12.1. The molecule has 0 saturated carbocycles. The molecule has 2 aromatic heterocycles. The van der Waals surface area contributed by atoms with E-state index in [1.165, 1.54) is 0 Å². The van der Waals surface area contributed by atoms with E-state index < -0.39 is 0 Å². The molecule has 2 aliphatic heterocycles. The molecule has 10 heteroatoms. The first-order valence-electron chi connectivity index (χ1n) is 14.3. The van der Waals surface area contributed by atoms with Crippen molar-refractivity contribution in [2.75, 3.05) is 44.2 Å². The quantitative estimate of drug-likeness (QED) is 0.536. The number of carbonyl (C=O) groups excluding carboxylic acids is 2. The Morgan fingerprint density at radius 2 is 1.88 bits per heavy atom. The summed E-state index contributed by atoms with van der Waals surface area (Å²) < 4.78 is 8.26. The van der Waals surface area contributed by atoms with Crippen LogP contribution in [0, 0.1) is 19.3 Å². The first-order valence-corrected chi connectivity index (χ1v) is 14.3. The number of nitrogens with one attached hydrogen (secondary N) is 1. The number of piperidine rings is 1. The van der Waals surface area contributed by atoms with Crippen LogP contribution in [0.1, 0.15) is 64.8 Å². The third kappa shape index (κ3) is 5.95. The average Bonchev–Trinajstić information content (AvgIpc) is 3.35. The van der Waals surface area contributed by atoms with E-state index in [-0.39, 0.29) is 17.2 Å². The van der Waals surface area contributed by atoms with Gasteiger partial charge in [-0.15, -0.1) is 0 Å². The Hall–Kier alpha value is -3.95. The van der Waals surface area contributed by atoms with Crippen LogP contribution in [0.4, 0.5) is 5.82 Å². The number of aryl methyl sites for hydroxylation is 2. The van der Waals surface area contributed by atoms with Gasteiger partial charge in [0.2, 0.25) is 0 Å². The lowest BCUT2D eigenvalue weighted by Crippen LogP contribution is -2.46. The molecule has 10 nitrogen and oxygen atoms in total. The van der Waals surface area contributed by atoms with Gasteiger partial charge in [0.05, 0.1) is 23.9 Å². The molecule has 40 heavy (non-hydrogen) atoms. The maximum absolute atomic E-state index is 13.4. The number of hydrogen-bond acceptors (Lipinski definition) is 7. The van der Waals surface area contributed by atoms with Gasteiger partial charge in [-0.05, 0) is 64.7 Å². The number of rotatable bonds is 3. The number of nitrogens with zero attached hydrogens (tertiary/aromatic N) is 6. The maximum atomic E-state index is 13.4. The summed E-state index contributed by atoms with van der Waals surface area (Å²) in [5.74, 6) is 2.09. The van der Waals surface area contributed by atoms with E-state index in [1.54, 1.807) is 12.4 Å². The Morgan fingerprint density at radius 1 is 1.07 bits per heavy atom. The van der Waals surface area contributed by atoms with E-state index in [0.29, 0.717) is 49.7 Å². The molecule has 1 fully saturated rings. The molecule has 0 aliphatic carbocycles. The number of anilines is 1. The number of hydrogen-bond donors (Lipinski definition) is 1. The zero-order valence-electron chi connectivity index (χ0n) is 23.7. The Balaban J connectivity index is 1.36. The first-order chi connectivity index (χ1) is 19.4. The SMILES string of the molecule is CCn1ncc(C(=O)N2CCC3(CCCN(c4ccnc(C)n4)CCNC(=O)c4ccccc4OC3)CC2)c1C. The normalized spacial score (nSPS) is 18.1. The summed E-state index contributed by atoms with van der Waals surface area (Å²) in [5, 5.41) is 7.42. The van der Waals surface area contributed by atoms with Crippen LogP contribution in [0.25, 0.3) is 0 Å². The molecule has 1 aromatic carbocycles. The molecule has 3 aromatic rings. The van der Waals surface area contributed by atoms with E-state index in [0.717, 1.165) is 56.1 Å². The highest BCUT2D eigenvalue weighted by Gasteiger charge is 2.37. The number of aromatic nitrogens is 4. The van der Waals surface area contributed by atoms with Crippen LogP contribution in [0.5, 0.6) is 5.75 Å². The molecule has 0 radical (unpaired) electrons. The summed E-state index contributed by atoms with van der Waals surface area (Å²) in [4.78, 5) is 39.5. The molecule has 1 spiro atoms. The minimum Gasteiger partial charge on any atom is -0.492 e. The van der Waals surface area contributed by atoms with Gasteiger partial charge in [-0.1, -0.05) is 12.1 Å². The largest absolute Gasteiger partial charge is 0.492 e. The molecule has 2 amide bonds. The zero-order valence-corrected chi connectivity index (χ0v) is 23.7. The van der Waals surface area contributed by atoms with E-state index in [2.05, 4.69) is 25.3 Å². The fraction of sp³-hybridized carbons (Fsp3) is 0.500. The van der Waals surface area contributed by atoms with Crippen LogP contribution in [0.2, 0.25) is 0 Å². The van der Waals surface area contributed by atoms with Gasteiger partial charge < -0.3 is 19.9 Å². The molecular formula is C30H39N7O3. The molecule has 0 unspecified atom stereocenters. The van der Waals surface area contributed by atoms with Gasteiger partial charge in [-0.25, -0.2) is 9.97 Å². The van der Waals surface area contributed by atoms with Crippen molar-refractivity contribution in [1.29, 1.82) is 0 Å². The van der Waals surface area contributed by atoms with Crippen LogP contribution >= 0.6 is 0 Å². The Bertz CT molecular complexity index is 1350. The van der Waals surface area contributed by atoms with Crippen molar-refractivity contribution in [2.45, 2.75) is 53.0 Å². The number of amides is 2. The summed E-state index contributed by atoms with van der Waals surface area (Å²) in [7, 11) is 0. The van der Waals surface area contributed by atoms with E-state index >= 15 is 0 Å². The van der Waals surface area contributed by atoms with Gasteiger partial charge >= 0.3 is 0 Å². The van der Waals surface area contributed by atoms with Crippen molar-refractivity contribution in [3.05, 3.63) is 65.4 Å². The van der Waals surface area contributed by atoms with Gasteiger partial charge in [-0.2, -0.15) is 5.10 Å². The minimum absolute atomic E-state index is 0.0462. The van der Waals surface area contributed by atoms with E-state index in [9.17, 15) is 9.59 Å². The molecule has 5 rings (SSSR count). The summed E-state index contributed by atoms with van der Waals surface area (Å²) >= 11 is 0. The van der Waals surface area contributed by atoms with Gasteiger partial charge in [0.25, 0.3) is 11.8 Å². The topological polar surface area (TPSA) is 105 Å². The van der Waals surface area contributed by atoms with Gasteiger partial charge in [0.1, 0.15) is 17.4 Å². The second-order valence-corrected chi connectivity index (χ2v) is 10.8. The van der Waals surface area contributed by atoms with Gasteiger partial charge in [0.15, 0.2) is 0 Å². The second-order valence-electron chi connectivity index (χ2n) is 10.8. The average molecular weight is 546 g/mol. The van der Waals surface area contributed by atoms with Crippen LogP contribution in [-0.4, -0.2) is 75.8 Å². The summed E-state index contributed by atoms with van der Waals surface area (Å²) in [6, 6.07) is 9.36. The maximum Gasteiger partial charge on any atom is 0.257 e. The molecule has 2 aliphatic rings. The summed E-state index contributed by atoms with van der Waals surface area (Å²) in [6.07, 6.45) is 7.03. The molecule has 1 N–H and O–H groups in total. The van der Waals surface area contributed by atoms with Crippen molar-refractivity contribution in [3.63, 3.8) is 0 Å². The predicted molar refractivity (Wildman–Crippen MR) is 153 cm³/mol. The van der Waals surface area contributed by atoms with Gasteiger partial charge in [0, 0.05) is 56.6 Å². The highest BCUT2D eigenvalue weighted by molar-refractivity contribution is 5.97. The van der Waals surface area contributed by atoms with E-state index in [4.69, 9.17) is 4.74 Å². The summed E-state index contributed by atoms with van der Waals surface area (Å²) in [6.45, 7) is 10.4. The lowest BCUT2D eigenvalue weighted by molar-refractivity contribution is 0.0364. The van der Waals surface area contributed by atoms with Crippen LogP contribution in [0.3, 0.4) is 0 Å². The van der Waals surface area contributed by atoms with Crippen LogP contribution in [-0.2, 0) is 6.54 Å². The number of likely N-dealkylation sites (tertiary alicyclic amines) is 1. The van der Waals surface area contributed by atoms with Crippen LogP contribution < -0.4 is 15.0 Å². The monoisotopic (exact) mass is 545 g/mol. The van der Waals surface area contributed by atoms with Crippen molar-refractivity contribution in [3.8, 4) is 5.75 Å². The fourth-order valence-corrected chi connectivity index (χ4v) is 5.81. The minimum atomic E-state index is -0.147. The van der Waals surface area contributed by atoms with Crippen molar-refractivity contribution in [2.24, 2.45) is 5.41 Å². The van der Waals surface area contributed by atoms with Crippen LogP contribution in [0.15, 0.2) is 42.7 Å². The van der Waals surface area contributed by atoms with Crippen molar-refractivity contribution < 1.29 is 14.3 Å². The Morgan fingerprint density at radius 3 is 2.62 bits per heavy atom. The molecular weight excluding hydrogens is 506 g/mol. The molecule has 4 heterocycles. The number of benzene rings is 1. The molecule has 0 atom stereocenters. The lowest BCUT2D eigenvalue weighted by Gasteiger charge is -2.42. The third-order valence-electron chi connectivity index (χ3n) is 8.30. The first kappa shape index (κ1) is 27.6. The standard InChI is InChI=1S/C30H39N7O3/c1-4-37-22(2)25(20-33-37)29(39)36-17-12-30(13-18-36)11-7-16-35(27-10-14-31-23(3)34-27)19-15-32-28(38)24-8-5-6-9-26(24)40-21-30/h5-6,8-10,14,20H,4,7,11-13,15-19,21H2,1-3H3,(H,32,38). The lowest BCUT2D eigenvalue weighted by atomic mass is 9.75. The zero-order chi connectivity index (χ0) is 28.1. The van der Waals surface area contributed by atoms with E-state index in [1.807, 2.05) is 60.7 Å². The number of fused-ring (bicyclic) bond motifs is 1. The number of para-hydroxylation sites is 1. The predicted octanol–water partition coefficient (Wildman–Crippen LogP) is 3.64. The number of ether oxygens (including phenoxy) is 1. The fourth-order valence-electron chi connectivity index (χ4n) is 5.81. The highest BCUT2D eigenvalue weighted by atomic mass is 16.5. The summed E-state index contributed by atoms with van der Waals surface area (Å²) in [5.41, 5.74) is 2.02. The third-order valence-corrected chi connectivity index (χ3v) is 8.30.